The van der Waals surface area contributed by atoms with Crippen molar-refractivity contribution in [3.63, 3.8) is 0 Å². The number of aromatic amines is 1. The number of H-pyrrole nitrogens is 1. The molecular formula is C9H16N4O. The number of aromatic nitrogens is 2. The quantitative estimate of drug-likeness (QED) is 0.663. The van der Waals surface area contributed by atoms with E-state index in [2.05, 4.69) is 15.5 Å². The Balaban J connectivity index is 2.62. The van der Waals surface area contributed by atoms with Crippen LogP contribution < -0.4 is 11.1 Å². The molecule has 1 rings (SSSR count). The molecule has 4 N–H and O–H groups in total. The van der Waals surface area contributed by atoms with E-state index in [1.54, 1.807) is 6.20 Å². The fraction of sp³-hybridized carbons (Fsp3) is 0.556. The Morgan fingerprint density at radius 1 is 1.64 bits per heavy atom. The van der Waals surface area contributed by atoms with Gasteiger partial charge in [-0.15, -0.1) is 0 Å². The maximum absolute atomic E-state index is 11.5. The first kappa shape index (κ1) is 10.7. The third-order valence-electron chi connectivity index (χ3n) is 2.11. The van der Waals surface area contributed by atoms with Crippen LogP contribution in [0.5, 0.6) is 0 Å². The first-order valence-corrected chi connectivity index (χ1v) is 4.58. The SMILES string of the molecule is Cc1[nH]ncc1NC(=O)[C@@H](N)C(C)C. The predicted octanol–water partition coefficient (Wildman–Crippen LogP) is 0.640. The second kappa shape index (κ2) is 4.23. The number of anilines is 1. The monoisotopic (exact) mass is 196 g/mol. The number of nitrogens with two attached hydrogens (primary N) is 1. The number of hydrogen-bond acceptors (Lipinski definition) is 3. The van der Waals surface area contributed by atoms with Crippen molar-refractivity contribution in [2.24, 2.45) is 11.7 Å². The largest absolute Gasteiger partial charge is 0.322 e. The number of carbonyl (C=O) groups is 1. The highest BCUT2D eigenvalue weighted by atomic mass is 16.2. The zero-order valence-corrected chi connectivity index (χ0v) is 8.66. The van der Waals surface area contributed by atoms with Crippen LogP contribution in [0.1, 0.15) is 19.5 Å². The highest BCUT2D eigenvalue weighted by Crippen LogP contribution is 2.10. The summed E-state index contributed by atoms with van der Waals surface area (Å²) in [5.41, 5.74) is 7.20. The number of hydrogen-bond donors (Lipinski definition) is 3. The van der Waals surface area contributed by atoms with Crippen LogP contribution in [0.2, 0.25) is 0 Å². The van der Waals surface area contributed by atoms with Crippen molar-refractivity contribution in [1.82, 2.24) is 10.2 Å². The molecule has 0 saturated heterocycles. The van der Waals surface area contributed by atoms with Gasteiger partial charge < -0.3 is 11.1 Å². The summed E-state index contributed by atoms with van der Waals surface area (Å²) in [4.78, 5) is 11.5. The Morgan fingerprint density at radius 3 is 2.71 bits per heavy atom. The summed E-state index contributed by atoms with van der Waals surface area (Å²) in [6, 6.07) is -0.482. The minimum Gasteiger partial charge on any atom is -0.322 e. The van der Waals surface area contributed by atoms with Crippen molar-refractivity contribution in [2.45, 2.75) is 26.8 Å². The summed E-state index contributed by atoms with van der Waals surface area (Å²) >= 11 is 0. The molecule has 1 aromatic rings. The van der Waals surface area contributed by atoms with Gasteiger partial charge in [0, 0.05) is 0 Å². The Kier molecular flexibility index (Phi) is 3.24. The van der Waals surface area contributed by atoms with Crippen molar-refractivity contribution in [3.8, 4) is 0 Å². The van der Waals surface area contributed by atoms with Crippen molar-refractivity contribution >= 4 is 11.6 Å². The van der Waals surface area contributed by atoms with E-state index in [1.807, 2.05) is 20.8 Å². The number of nitrogens with one attached hydrogen (secondary N) is 2. The third kappa shape index (κ3) is 2.32. The molecule has 0 bridgehead atoms. The maximum atomic E-state index is 11.5. The fourth-order valence-electron chi connectivity index (χ4n) is 0.996. The van der Waals surface area contributed by atoms with Gasteiger partial charge in [-0.25, -0.2) is 0 Å². The molecular weight excluding hydrogens is 180 g/mol. The van der Waals surface area contributed by atoms with Gasteiger partial charge in [0.1, 0.15) is 0 Å². The van der Waals surface area contributed by atoms with Gasteiger partial charge in [-0.1, -0.05) is 13.8 Å². The Hall–Kier alpha value is -1.36. The van der Waals surface area contributed by atoms with E-state index in [0.29, 0.717) is 5.69 Å². The van der Waals surface area contributed by atoms with Crippen LogP contribution in [0.15, 0.2) is 6.20 Å². The third-order valence-corrected chi connectivity index (χ3v) is 2.11. The topological polar surface area (TPSA) is 83.8 Å². The standard InChI is InChI=1S/C9H16N4O/c1-5(2)8(10)9(14)12-7-4-11-13-6(7)3/h4-5,8H,10H2,1-3H3,(H,11,13)(H,12,14)/t8-/m0/s1. The van der Waals surface area contributed by atoms with Gasteiger partial charge in [0.25, 0.3) is 0 Å². The van der Waals surface area contributed by atoms with E-state index in [-0.39, 0.29) is 11.8 Å². The molecule has 0 spiro atoms. The minimum atomic E-state index is -0.482. The van der Waals surface area contributed by atoms with Gasteiger partial charge >= 0.3 is 0 Å². The fourth-order valence-corrected chi connectivity index (χ4v) is 0.996. The Labute approximate surface area is 83.1 Å². The van der Waals surface area contributed by atoms with Crippen molar-refractivity contribution < 1.29 is 4.79 Å². The zero-order valence-electron chi connectivity index (χ0n) is 8.66. The Morgan fingerprint density at radius 2 is 2.29 bits per heavy atom. The normalized spacial score (nSPS) is 12.9. The number of nitrogens with zero attached hydrogens (tertiary/aromatic N) is 1. The smallest absolute Gasteiger partial charge is 0.241 e. The van der Waals surface area contributed by atoms with Gasteiger partial charge in [0.2, 0.25) is 5.91 Å². The molecule has 0 aliphatic rings. The zero-order chi connectivity index (χ0) is 10.7. The molecule has 0 aliphatic heterocycles. The first-order valence-electron chi connectivity index (χ1n) is 4.58. The van der Waals surface area contributed by atoms with E-state index in [4.69, 9.17) is 5.73 Å². The van der Waals surface area contributed by atoms with Gasteiger partial charge in [-0.05, 0) is 12.8 Å². The molecule has 5 nitrogen and oxygen atoms in total. The number of amides is 1. The molecule has 0 radical (unpaired) electrons. The average Bonchev–Trinajstić information content (AvgIpc) is 2.50. The van der Waals surface area contributed by atoms with Crippen molar-refractivity contribution in [2.75, 3.05) is 5.32 Å². The van der Waals surface area contributed by atoms with E-state index < -0.39 is 6.04 Å². The van der Waals surface area contributed by atoms with Crippen LogP contribution in [0.4, 0.5) is 5.69 Å². The highest BCUT2D eigenvalue weighted by molar-refractivity contribution is 5.95. The van der Waals surface area contributed by atoms with E-state index in [1.165, 1.54) is 0 Å². The van der Waals surface area contributed by atoms with Crippen molar-refractivity contribution in [1.29, 1.82) is 0 Å². The van der Waals surface area contributed by atoms with Gasteiger partial charge in [-0.3, -0.25) is 9.89 Å². The van der Waals surface area contributed by atoms with Crippen LogP contribution in [0.25, 0.3) is 0 Å². The number of carbonyl (C=O) groups excluding carboxylic acids is 1. The molecule has 1 amide bonds. The maximum Gasteiger partial charge on any atom is 0.241 e. The van der Waals surface area contributed by atoms with Gasteiger partial charge in [0.15, 0.2) is 0 Å². The van der Waals surface area contributed by atoms with Crippen LogP contribution in [-0.4, -0.2) is 22.1 Å². The molecule has 0 unspecified atom stereocenters. The Bertz CT molecular complexity index is 318. The van der Waals surface area contributed by atoms with Gasteiger partial charge in [0.05, 0.1) is 23.6 Å². The molecule has 0 aromatic carbocycles. The highest BCUT2D eigenvalue weighted by Gasteiger charge is 2.17. The van der Waals surface area contributed by atoms with E-state index in [9.17, 15) is 4.79 Å². The van der Waals surface area contributed by atoms with E-state index >= 15 is 0 Å². The summed E-state index contributed by atoms with van der Waals surface area (Å²) in [5, 5.41) is 9.25. The minimum absolute atomic E-state index is 0.127. The van der Waals surface area contributed by atoms with Crippen LogP contribution >= 0.6 is 0 Å². The molecule has 0 saturated carbocycles. The second-order valence-electron chi connectivity index (χ2n) is 3.67. The molecule has 0 aliphatic carbocycles. The summed E-state index contributed by atoms with van der Waals surface area (Å²) in [6.45, 7) is 5.66. The van der Waals surface area contributed by atoms with Crippen LogP contribution in [0, 0.1) is 12.8 Å². The van der Waals surface area contributed by atoms with Crippen molar-refractivity contribution in [3.05, 3.63) is 11.9 Å². The lowest BCUT2D eigenvalue weighted by molar-refractivity contribution is -0.118. The summed E-state index contributed by atoms with van der Waals surface area (Å²) < 4.78 is 0. The average molecular weight is 196 g/mol. The summed E-state index contributed by atoms with van der Waals surface area (Å²) in [5.74, 6) is -0.0493. The lowest BCUT2D eigenvalue weighted by Gasteiger charge is -2.14. The molecule has 1 aromatic heterocycles. The second-order valence-corrected chi connectivity index (χ2v) is 3.67. The van der Waals surface area contributed by atoms with Crippen LogP contribution in [-0.2, 0) is 4.79 Å². The molecule has 78 valence electrons. The summed E-state index contributed by atoms with van der Waals surface area (Å²) in [6.07, 6.45) is 1.57. The van der Waals surface area contributed by atoms with Crippen LogP contribution in [0.3, 0.4) is 0 Å². The lowest BCUT2D eigenvalue weighted by atomic mass is 10.1. The summed E-state index contributed by atoms with van der Waals surface area (Å²) in [7, 11) is 0. The molecule has 5 heteroatoms. The molecule has 1 atom stereocenters. The number of rotatable bonds is 3. The predicted molar refractivity (Wildman–Crippen MR) is 54.8 cm³/mol. The van der Waals surface area contributed by atoms with Gasteiger partial charge in [-0.2, -0.15) is 5.10 Å². The lowest BCUT2D eigenvalue weighted by Crippen LogP contribution is -2.39. The molecule has 14 heavy (non-hydrogen) atoms. The molecule has 1 heterocycles. The van der Waals surface area contributed by atoms with E-state index in [0.717, 1.165) is 5.69 Å². The first-order chi connectivity index (χ1) is 6.52. The number of aryl methyl sites for hydroxylation is 1. The molecule has 0 fully saturated rings.